The number of ketones is 2. The van der Waals surface area contributed by atoms with Gasteiger partial charge in [0.1, 0.15) is 12.2 Å². The van der Waals surface area contributed by atoms with E-state index < -0.39 is 0 Å². The van der Waals surface area contributed by atoms with Crippen molar-refractivity contribution >= 4 is 11.6 Å². The van der Waals surface area contributed by atoms with Crippen LogP contribution in [0.2, 0.25) is 0 Å². The SMILES string of the molecule is C[C@]12CCCC[C@@H]1CC[C@@H]1[C@@H]2CC[C@]2(C)C(=O)[C@@H](O[C@@H]3C[C@H]4[C@@H]5CC[C@H]6CCCC[C@]6(C)[C@H]5CC[C@]4(C)C3=O)C[C@@H]12. The fourth-order valence-corrected chi connectivity index (χ4v) is 14.6. The molecule has 3 nitrogen and oxygen atoms in total. The number of fused-ring (bicyclic) bond motifs is 10. The van der Waals surface area contributed by atoms with Crippen LogP contribution in [0, 0.1) is 69.0 Å². The minimum atomic E-state index is -0.347. The van der Waals surface area contributed by atoms with E-state index in [1.165, 1.54) is 89.9 Å². The molecular weight excluding hydrogens is 504 g/mol. The van der Waals surface area contributed by atoms with Crippen LogP contribution in [-0.4, -0.2) is 23.8 Å². The molecule has 0 heterocycles. The number of Topliss-reactive ketones (excluding diaryl/α,β-unsaturated/α-hetero) is 2. The van der Waals surface area contributed by atoms with Gasteiger partial charge < -0.3 is 4.74 Å². The van der Waals surface area contributed by atoms with Gasteiger partial charge in [0.25, 0.3) is 0 Å². The summed E-state index contributed by atoms with van der Waals surface area (Å²) in [4.78, 5) is 28.4. The van der Waals surface area contributed by atoms with Crippen molar-refractivity contribution in [3.63, 3.8) is 0 Å². The van der Waals surface area contributed by atoms with Crippen molar-refractivity contribution in [3.05, 3.63) is 0 Å². The Labute approximate surface area is 250 Å². The van der Waals surface area contributed by atoms with Gasteiger partial charge in [-0.3, -0.25) is 9.59 Å². The lowest BCUT2D eigenvalue weighted by Gasteiger charge is -2.59. The first kappa shape index (κ1) is 27.8. The average molecular weight is 563 g/mol. The molecule has 0 unspecified atom stereocenters. The largest absolute Gasteiger partial charge is 0.359 e. The highest BCUT2D eigenvalue weighted by Crippen LogP contribution is 2.68. The van der Waals surface area contributed by atoms with E-state index in [0.717, 1.165) is 49.4 Å². The third-order valence-electron chi connectivity index (χ3n) is 16.9. The Morgan fingerprint density at radius 3 is 1.39 bits per heavy atom. The van der Waals surface area contributed by atoms with E-state index >= 15 is 0 Å². The maximum Gasteiger partial charge on any atom is 0.167 e. The van der Waals surface area contributed by atoms with Crippen LogP contribution in [0.3, 0.4) is 0 Å². The van der Waals surface area contributed by atoms with Crippen molar-refractivity contribution in [3.8, 4) is 0 Å². The molecule has 0 aromatic heterocycles. The van der Waals surface area contributed by atoms with Crippen LogP contribution >= 0.6 is 0 Å². The second kappa shape index (κ2) is 9.40. The summed E-state index contributed by atoms with van der Waals surface area (Å²) < 4.78 is 6.84. The molecule has 0 aromatic rings. The second-order valence-electron chi connectivity index (χ2n) is 18.0. The van der Waals surface area contributed by atoms with Gasteiger partial charge in [-0.1, -0.05) is 53.4 Å². The fraction of sp³-hybridized carbons (Fsp3) is 0.947. The summed E-state index contributed by atoms with van der Waals surface area (Å²) in [7, 11) is 0. The molecule has 0 bridgehead atoms. The van der Waals surface area contributed by atoms with Crippen molar-refractivity contribution in [1.82, 2.24) is 0 Å². The van der Waals surface area contributed by atoms with Gasteiger partial charge in [0.2, 0.25) is 0 Å². The molecule has 0 spiro atoms. The quantitative estimate of drug-likeness (QED) is 0.337. The topological polar surface area (TPSA) is 43.4 Å². The van der Waals surface area contributed by atoms with Gasteiger partial charge in [0.05, 0.1) is 0 Å². The maximum absolute atomic E-state index is 14.2. The standard InChI is InChI=1S/C38H58O3/c1-35-17-7-5-9-23(35)11-13-25-27(35)15-19-37(3)29(25)21-31(33(37)39)41-32-22-30-26-14-12-24-10-6-8-18-36(24,2)28(26)16-20-38(30,4)34(32)40/h23-32H,5-22H2,1-4H3/t23-,24-,25-,26-,27+,28+,29+,30+,31-,32+,35+,36+,37+,38+/m1/s1. The Hall–Kier alpha value is -0.700. The van der Waals surface area contributed by atoms with Crippen molar-refractivity contribution in [1.29, 1.82) is 0 Å². The molecule has 0 radical (unpaired) electrons. The number of carbonyl (C=O) groups excluding carboxylic acids is 2. The molecule has 0 saturated heterocycles. The minimum Gasteiger partial charge on any atom is -0.359 e. The zero-order chi connectivity index (χ0) is 28.4. The summed E-state index contributed by atoms with van der Waals surface area (Å²) in [6.07, 6.45) is 22.3. The first-order valence-electron chi connectivity index (χ1n) is 18.3. The van der Waals surface area contributed by atoms with E-state index in [0.29, 0.717) is 46.1 Å². The van der Waals surface area contributed by atoms with Crippen molar-refractivity contribution in [2.24, 2.45) is 69.0 Å². The molecule has 8 saturated carbocycles. The van der Waals surface area contributed by atoms with Crippen LogP contribution in [0.25, 0.3) is 0 Å². The van der Waals surface area contributed by atoms with E-state index in [2.05, 4.69) is 27.7 Å². The van der Waals surface area contributed by atoms with Crippen LogP contribution in [0.5, 0.6) is 0 Å². The van der Waals surface area contributed by atoms with E-state index in [9.17, 15) is 9.59 Å². The predicted molar refractivity (Wildman–Crippen MR) is 162 cm³/mol. The number of hydrogen-bond acceptors (Lipinski definition) is 3. The van der Waals surface area contributed by atoms with E-state index in [-0.39, 0.29) is 23.0 Å². The molecule has 0 N–H and O–H groups in total. The van der Waals surface area contributed by atoms with Crippen molar-refractivity contribution < 1.29 is 14.3 Å². The average Bonchev–Trinajstić information content (AvgIpc) is 3.37. The number of hydrogen-bond donors (Lipinski definition) is 0. The van der Waals surface area contributed by atoms with Crippen LogP contribution in [-0.2, 0) is 14.3 Å². The molecule has 14 atom stereocenters. The van der Waals surface area contributed by atoms with Crippen LogP contribution in [0.15, 0.2) is 0 Å². The van der Waals surface area contributed by atoms with Gasteiger partial charge in [-0.25, -0.2) is 0 Å². The van der Waals surface area contributed by atoms with Crippen molar-refractivity contribution in [2.75, 3.05) is 0 Å². The van der Waals surface area contributed by atoms with Crippen LogP contribution in [0.1, 0.15) is 143 Å². The summed E-state index contributed by atoms with van der Waals surface area (Å²) in [6.45, 7) is 9.82. The van der Waals surface area contributed by atoms with Gasteiger partial charge in [0, 0.05) is 10.8 Å². The van der Waals surface area contributed by atoms with Gasteiger partial charge in [-0.15, -0.1) is 0 Å². The van der Waals surface area contributed by atoms with Gasteiger partial charge in [-0.2, -0.15) is 0 Å². The molecule has 0 amide bonds. The van der Waals surface area contributed by atoms with E-state index in [1.54, 1.807) is 0 Å². The third kappa shape index (κ3) is 3.72. The minimum absolute atomic E-state index is 0.235. The fourth-order valence-electron chi connectivity index (χ4n) is 14.6. The summed E-state index contributed by atoms with van der Waals surface area (Å²) in [5.74, 6) is 6.37. The molecule has 8 aliphatic carbocycles. The highest BCUT2D eigenvalue weighted by Gasteiger charge is 2.65. The molecule has 3 heteroatoms. The number of rotatable bonds is 2. The summed E-state index contributed by atoms with van der Waals surface area (Å²) in [6, 6.07) is 0. The molecule has 8 rings (SSSR count). The molecule has 41 heavy (non-hydrogen) atoms. The number of ether oxygens (including phenoxy) is 1. The lowest BCUT2D eigenvalue weighted by molar-refractivity contribution is -0.149. The normalized spacial score (nSPS) is 58.0. The first-order chi connectivity index (χ1) is 19.6. The highest BCUT2D eigenvalue weighted by molar-refractivity contribution is 5.94. The summed E-state index contributed by atoms with van der Waals surface area (Å²) in [5.41, 5.74) is 0.504. The van der Waals surface area contributed by atoms with Crippen LogP contribution < -0.4 is 0 Å². The monoisotopic (exact) mass is 562 g/mol. The lowest BCUT2D eigenvalue weighted by atomic mass is 9.45. The van der Waals surface area contributed by atoms with Gasteiger partial charge in [0.15, 0.2) is 11.6 Å². The molecular formula is C38H58O3. The highest BCUT2D eigenvalue weighted by atomic mass is 16.5. The molecule has 0 aromatic carbocycles. The van der Waals surface area contributed by atoms with Gasteiger partial charge >= 0.3 is 0 Å². The number of carbonyl (C=O) groups is 2. The van der Waals surface area contributed by atoms with E-state index in [4.69, 9.17) is 4.74 Å². The predicted octanol–water partition coefficient (Wildman–Crippen LogP) is 8.96. The third-order valence-corrected chi connectivity index (χ3v) is 16.9. The van der Waals surface area contributed by atoms with Crippen molar-refractivity contribution in [2.45, 2.75) is 155 Å². The Bertz CT molecular complexity index is 1010. The Morgan fingerprint density at radius 2 is 0.951 bits per heavy atom. The molecule has 0 aliphatic heterocycles. The van der Waals surface area contributed by atoms with Gasteiger partial charge in [-0.05, 0) is 148 Å². The zero-order valence-electron chi connectivity index (χ0n) is 26.7. The van der Waals surface area contributed by atoms with Crippen LogP contribution in [0.4, 0.5) is 0 Å². The Kier molecular flexibility index (Phi) is 6.38. The first-order valence-corrected chi connectivity index (χ1v) is 18.3. The molecule has 8 aliphatic rings. The summed E-state index contributed by atoms with van der Waals surface area (Å²) >= 11 is 0. The second-order valence-corrected chi connectivity index (χ2v) is 18.0. The Morgan fingerprint density at radius 1 is 0.512 bits per heavy atom. The zero-order valence-corrected chi connectivity index (χ0v) is 26.7. The summed E-state index contributed by atoms with van der Waals surface area (Å²) in [5, 5.41) is 0. The molecule has 8 fully saturated rings. The maximum atomic E-state index is 14.2. The smallest absolute Gasteiger partial charge is 0.167 e. The van der Waals surface area contributed by atoms with E-state index in [1.807, 2.05) is 0 Å². The molecule has 228 valence electrons. The lowest BCUT2D eigenvalue weighted by Crippen LogP contribution is -2.52. The Balaban J connectivity index is 1.01.